The van der Waals surface area contributed by atoms with E-state index >= 15 is 0 Å². The minimum Gasteiger partial charge on any atom is -0.480 e. The number of carboxylic acid groups (broad SMARTS) is 1. The number of nitrogens with zero attached hydrogens (tertiary/aromatic N) is 1. The van der Waals surface area contributed by atoms with Gasteiger partial charge < -0.3 is 15.3 Å². The Morgan fingerprint density at radius 2 is 2.00 bits per heavy atom. The van der Waals surface area contributed by atoms with Gasteiger partial charge in [0.15, 0.2) is 0 Å². The van der Waals surface area contributed by atoms with Crippen molar-refractivity contribution in [3.63, 3.8) is 0 Å². The molecule has 19 heavy (non-hydrogen) atoms. The average molecular weight is 270 g/mol. The van der Waals surface area contributed by atoms with E-state index in [1.807, 2.05) is 13.8 Å². The predicted molar refractivity (Wildman–Crippen MR) is 74.0 cm³/mol. The molecule has 1 fully saturated rings. The lowest BCUT2D eigenvalue weighted by Crippen LogP contribution is -2.52. The van der Waals surface area contributed by atoms with E-state index < -0.39 is 12.0 Å². The van der Waals surface area contributed by atoms with Gasteiger partial charge >= 0.3 is 12.0 Å². The molecule has 2 N–H and O–H groups in total. The summed E-state index contributed by atoms with van der Waals surface area (Å²) >= 11 is 0. The molecule has 0 unspecified atom stereocenters. The number of aliphatic carboxylic acids is 1. The summed E-state index contributed by atoms with van der Waals surface area (Å²) in [5, 5.41) is 11.8. The minimum atomic E-state index is -0.960. The number of rotatable bonds is 4. The summed E-state index contributed by atoms with van der Waals surface area (Å²) in [6.07, 6.45) is 2.53. The second-order valence-corrected chi connectivity index (χ2v) is 6.66. The fourth-order valence-electron chi connectivity index (χ4n) is 2.53. The highest BCUT2D eigenvalue weighted by molar-refractivity contribution is 5.82. The molecule has 0 spiro atoms. The molecule has 110 valence electrons. The fraction of sp³-hybridized carbons (Fsp3) is 0.857. The number of hydrogen-bond donors (Lipinski definition) is 2. The van der Waals surface area contributed by atoms with E-state index in [9.17, 15) is 9.59 Å². The standard InChI is InChI=1S/C14H26N2O3/c1-10(2)8-11(12(17)18)15-13(19)16-7-5-6-14(3,4)9-16/h10-11H,5-9H2,1-4H3,(H,15,19)(H,17,18)/t11-/m1/s1. The summed E-state index contributed by atoms with van der Waals surface area (Å²) in [6.45, 7) is 9.57. The van der Waals surface area contributed by atoms with Crippen molar-refractivity contribution in [3.8, 4) is 0 Å². The van der Waals surface area contributed by atoms with Crippen LogP contribution in [0.5, 0.6) is 0 Å². The number of nitrogens with one attached hydrogen (secondary N) is 1. The van der Waals surface area contributed by atoms with Gasteiger partial charge in [-0.1, -0.05) is 27.7 Å². The SMILES string of the molecule is CC(C)C[C@@H](NC(=O)N1CCCC(C)(C)C1)C(=O)O. The van der Waals surface area contributed by atoms with E-state index in [2.05, 4.69) is 19.2 Å². The zero-order valence-electron chi connectivity index (χ0n) is 12.4. The second kappa shape index (κ2) is 6.26. The van der Waals surface area contributed by atoms with Gasteiger partial charge in [-0.2, -0.15) is 0 Å². The van der Waals surface area contributed by atoms with Crippen LogP contribution in [0.15, 0.2) is 0 Å². The minimum absolute atomic E-state index is 0.117. The van der Waals surface area contributed by atoms with Crippen LogP contribution < -0.4 is 5.32 Å². The topological polar surface area (TPSA) is 69.6 Å². The van der Waals surface area contributed by atoms with Crippen molar-refractivity contribution < 1.29 is 14.7 Å². The van der Waals surface area contributed by atoms with Gasteiger partial charge in [0.2, 0.25) is 0 Å². The quantitative estimate of drug-likeness (QED) is 0.823. The van der Waals surface area contributed by atoms with Gasteiger partial charge in [-0.3, -0.25) is 0 Å². The first kappa shape index (κ1) is 15.8. The molecule has 1 heterocycles. The monoisotopic (exact) mass is 270 g/mol. The molecule has 1 aliphatic rings. The fourth-order valence-corrected chi connectivity index (χ4v) is 2.53. The van der Waals surface area contributed by atoms with Gasteiger partial charge in [-0.25, -0.2) is 9.59 Å². The summed E-state index contributed by atoms with van der Waals surface area (Å²) < 4.78 is 0. The van der Waals surface area contributed by atoms with Crippen LogP contribution in [0.25, 0.3) is 0 Å². The van der Waals surface area contributed by atoms with Crippen LogP contribution in [0, 0.1) is 11.3 Å². The largest absolute Gasteiger partial charge is 0.480 e. The van der Waals surface area contributed by atoms with Gasteiger partial charge in [0.25, 0.3) is 0 Å². The number of piperidine rings is 1. The number of urea groups is 1. The third kappa shape index (κ3) is 5.09. The summed E-state index contributed by atoms with van der Waals surface area (Å²) in [7, 11) is 0. The molecule has 0 aromatic rings. The average Bonchev–Trinajstić information content (AvgIpc) is 2.25. The number of carbonyl (C=O) groups excluding carboxylic acids is 1. The van der Waals surface area contributed by atoms with Crippen LogP contribution in [0.2, 0.25) is 0 Å². The lowest BCUT2D eigenvalue weighted by Gasteiger charge is -2.38. The number of carbonyl (C=O) groups is 2. The Kier molecular flexibility index (Phi) is 5.20. The molecule has 0 aliphatic carbocycles. The Morgan fingerprint density at radius 1 is 1.37 bits per heavy atom. The molecule has 2 amide bonds. The molecule has 1 rings (SSSR count). The van der Waals surface area contributed by atoms with Crippen LogP contribution in [0.4, 0.5) is 4.79 Å². The van der Waals surface area contributed by atoms with Crippen molar-refractivity contribution in [1.29, 1.82) is 0 Å². The first-order chi connectivity index (χ1) is 8.71. The smallest absolute Gasteiger partial charge is 0.326 e. The molecule has 0 aromatic carbocycles. The zero-order valence-corrected chi connectivity index (χ0v) is 12.4. The van der Waals surface area contributed by atoms with Crippen molar-refractivity contribution in [3.05, 3.63) is 0 Å². The van der Waals surface area contributed by atoms with Crippen molar-refractivity contribution >= 4 is 12.0 Å². The molecule has 1 atom stereocenters. The highest BCUT2D eigenvalue weighted by Crippen LogP contribution is 2.28. The Balaban J connectivity index is 2.59. The first-order valence-corrected chi connectivity index (χ1v) is 6.99. The van der Waals surface area contributed by atoms with Gasteiger partial charge in [-0.05, 0) is 30.6 Å². The molecular formula is C14H26N2O3. The first-order valence-electron chi connectivity index (χ1n) is 6.99. The molecule has 1 saturated heterocycles. The van der Waals surface area contributed by atoms with Crippen LogP contribution in [-0.4, -0.2) is 41.1 Å². The van der Waals surface area contributed by atoms with Gasteiger partial charge in [0.1, 0.15) is 6.04 Å². The van der Waals surface area contributed by atoms with E-state index in [-0.39, 0.29) is 17.4 Å². The maximum Gasteiger partial charge on any atom is 0.326 e. The Hall–Kier alpha value is -1.26. The van der Waals surface area contributed by atoms with E-state index in [4.69, 9.17) is 5.11 Å². The highest BCUT2D eigenvalue weighted by Gasteiger charge is 2.31. The van der Waals surface area contributed by atoms with Crippen molar-refractivity contribution in [2.75, 3.05) is 13.1 Å². The lowest BCUT2D eigenvalue weighted by atomic mass is 9.84. The predicted octanol–water partition coefficient (Wildman–Crippen LogP) is 2.32. The summed E-state index contributed by atoms with van der Waals surface area (Å²) in [5.74, 6) is -0.725. The van der Waals surface area contributed by atoms with Gasteiger partial charge in [-0.15, -0.1) is 0 Å². The Morgan fingerprint density at radius 3 is 2.47 bits per heavy atom. The third-order valence-corrected chi connectivity index (χ3v) is 3.49. The van der Waals surface area contributed by atoms with Crippen LogP contribution in [0.1, 0.15) is 47.0 Å². The third-order valence-electron chi connectivity index (χ3n) is 3.49. The summed E-state index contributed by atoms with van der Waals surface area (Å²) in [4.78, 5) is 25.0. The van der Waals surface area contributed by atoms with Crippen LogP contribution in [0.3, 0.4) is 0 Å². The number of amides is 2. The van der Waals surface area contributed by atoms with Crippen molar-refractivity contribution in [1.82, 2.24) is 10.2 Å². The van der Waals surface area contributed by atoms with E-state index in [0.717, 1.165) is 12.8 Å². The molecule has 1 aliphatic heterocycles. The number of hydrogen-bond acceptors (Lipinski definition) is 2. The molecule has 0 aromatic heterocycles. The molecule has 5 heteroatoms. The maximum absolute atomic E-state index is 12.1. The Labute approximate surface area is 115 Å². The maximum atomic E-state index is 12.1. The summed E-state index contributed by atoms with van der Waals surface area (Å²) in [6, 6.07) is -1.04. The lowest BCUT2D eigenvalue weighted by molar-refractivity contribution is -0.139. The van der Waals surface area contributed by atoms with E-state index in [1.54, 1.807) is 4.90 Å². The van der Waals surface area contributed by atoms with Gasteiger partial charge in [0, 0.05) is 13.1 Å². The molecule has 0 radical (unpaired) electrons. The normalized spacial score (nSPS) is 20.2. The van der Waals surface area contributed by atoms with Crippen molar-refractivity contribution in [2.24, 2.45) is 11.3 Å². The molecule has 0 saturated carbocycles. The Bertz CT molecular complexity index is 340. The molecular weight excluding hydrogens is 244 g/mol. The summed E-state index contributed by atoms with van der Waals surface area (Å²) in [5.41, 5.74) is 0.117. The highest BCUT2D eigenvalue weighted by atomic mass is 16.4. The van der Waals surface area contributed by atoms with Crippen LogP contribution in [-0.2, 0) is 4.79 Å². The van der Waals surface area contributed by atoms with Gasteiger partial charge in [0.05, 0.1) is 0 Å². The second-order valence-electron chi connectivity index (χ2n) is 6.66. The van der Waals surface area contributed by atoms with E-state index in [1.165, 1.54) is 0 Å². The number of likely N-dealkylation sites (tertiary alicyclic amines) is 1. The van der Waals surface area contributed by atoms with Crippen LogP contribution >= 0.6 is 0 Å². The molecule has 5 nitrogen and oxygen atoms in total. The molecule has 0 bridgehead atoms. The van der Waals surface area contributed by atoms with Crippen molar-refractivity contribution in [2.45, 2.75) is 53.0 Å². The zero-order chi connectivity index (χ0) is 14.6. The van der Waals surface area contributed by atoms with E-state index in [0.29, 0.717) is 19.5 Å². The number of carboxylic acids is 1.